The topological polar surface area (TPSA) is 15.8 Å². The number of hydrogen-bond donors (Lipinski definition) is 1. The van der Waals surface area contributed by atoms with Crippen LogP contribution >= 0.6 is 0 Å². The summed E-state index contributed by atoms with van der Waals surface area (Å²) >= 11 is 0. The summed E-state index contributed by atoms with van der Waals surface area (Å²) in [7, 11) is 0. The van der Waals surface area contributed by atoms with Crippen LogP contribution in [0.3, 0.4) is 0 Å². The van der Waals surface area contributed by atoms with Gasteiger partial charge in [0.2, 0.25) is 0 Å². The minimum Gasteiger partial charge on any atom is -0.354 e. The van der Waals surface area contributed by atoms with E-state index in [1.54, 1.807) is 0 Å². The minimum atomic E-state index is 0.124. The quantitative estimate of drug-likeness (QED) is 0.237. The summed E-state index contributed by atoms with van der Waals surface area (Å²) in [6, 6.07) is 36.1. The molecule has 1 N–H and O–H groups in total. The molecule has 0 saturated carbocycles. The summed E-state index contributed by atoms with van der Waals surface area (Å²) in [5.74, 6) is 0. The molecule has 6 aromatic rings. The third-order valence-electron chi connectivity index (χ3n) is 7.74. The number of H-pyrrole nitrogens is 1. The highest BCUT2D eigenvalue weighted by molar-refractivity contribution is 6.15. The van der Waals surface area contributed by atoms with E-state index in [4.69, 9.17) is 0 Å². The summed E-state index contributed by atoms with van der Waals surface area (Å²) in [6.45, 7) is 13.6. The number of aromatic nitrogens is 1. The van der Waals surface area contributed by atoms with Crippen molar-refractivity contribution in [3.8, 4) is 22.4 Å². The Labute approximate surface area is 220 Å². The van der Waals surface area contributed by atoms with E-state index in [9.17, 15) is 0 Å². The molecule has 0 aliphatic rings. The molecular weight excluding hydrogens is 446 g/mol. The van der Waals surface area contributed by atoms with Gasteiger partial charge in [0, 0.05) is 16.5 Å². The van der Waals surface area contributed by atoms with Crippen LogP contribution in [0, 0.1) is 0 Å². The lowest BCUT2D eigenvalue weighted by molar-refractivity contribution is 0.590. The molecule has 1 heterocycles. The van der Waals surface area contributed by atoms with E-state index >= 15 is 0 Å². The van der Waals surface area contributed by atoms with Gasteiger partial charge in [0.25, 0.3) is 0 Å². The Morgan fingerprint density at radius 1 is 0.486 bits per heavy atom. The lowest BCUT2D eigenvalue weighted by atomic mass is 9.85. The Hall–Kier alpha value is -3.84. The maximum absolute atomic E-state index is 3.82. The van der Waals surface area contributed by atoms with Crippen molar-refractivity contribution in [1.82, 2.24) is 4.98 Å². The molecule has 1 nitrogen and oxygen atoms in total. The molecule has 0 saturated heterocycles. The van der Waals surface area contributed by atoms with Crippen LogP contribution in [0.25, 0.3) is 54.8 Å². The van der Waals surface area contributed by atoms with E-state index < -0.39 is 0 Å². The number of nitrogens with one attached hydrogen (secondary N) is 1. The second-order valence-corrected chi connectivity index (χ2v) is 12.4. The first-order chi connectivity index (χ1) is 17.6. The zero-order valence-electron chi connectivity index (χ0n) is 22.7. The first kappa shape index (κ1) is 23.6. The highest BCUT2D eigenvalue weighted by Crippen LogP contribution is 2.42. The average molecular weight is 482 g/mol. The number of rotatable bonds is 2. The van der Waals surface area contributed by atoms with E-state index in [-0.39, 0.29) is 10.8 Å². The van der Waals surface area contributed by atoms with Crippen LogP contribution in [-0.2, 0) is 10.8 Å². The van der Waals surface area contributed by atoms with E-state index in [1.807, 2.05) is 0 Å². The molecule has 0 spiro atoms. The Kier molecular flexibility index (Phi) is 5.31. The van der Waals surface area contributed by atoms with Gasteiger partial charge in [-0.25, -0.2) is 0 Å². The number of hydrogen-bond acceptors (Lipinski definition) is 0. The third-order valence-corrected chi connectivity index (χ3v) is 7.74. The van der Waals surface area contributed by atoms with E-state index in [1.165, 1.54) is 66.0 Å². The predicted molar refractivity (Wildman–Crippen MR) is 162 cm³/mol. The minimum absolute atomic E-state index is 0.124. The number of fused-ring (bicyclic) bond motifs is 4. The van der Waals surface area contributed by atoms with Crippen molar-refractivity contribution in [2.75, 3.05) is 0 Å². The maximum atomic E-state index is 3.82. The molecule has 0 fully saturated rings. The molecular formula is C36H35N. The first-order valence-corrected chi connectivity index (χ1v) is 13.3. The summed E-state index contributed by atoms with van der Waals surface area (Å²) in [5.41, 5.74) is 9.04. The monoisotopic (exact) mass is 481 g/mol. The second kappa shape index (κ2) is 8.35. The zero-order chi connectivity index (χ0) is 25.9. The Morgan fingerprint density at radius 3 is 1.68 bits per heavy atom. The van der Waals surface area contributed by atoms with Crippen LogP contribution in [0.4, 0.5) is 0 Å². The van der Waals surface area contributed by atoms with Crippen molar-refractivity contribution in [3.05, 3.63) is 108 Å². The van der Waals surface area contributed by atoms with Crippen molar-refractivity contribution in [2.45, 2.75) is 52.4 Å². The first-order valence-electron chi connectivity index (χ1n) is 13.3. The van der Waals surface area contributed by atoms with Crippen molar-refractivity contribution >= 4 is 32.4 Å². The Bertz CT molecular complexity index is 1750. The maximum Gasteiger partial charge on any atom is 0.0544 e. The van der Waals surface area contributed by atoms with Gasteiger partial charge in [-0.3, -0.25) is 0 Å². The normalized spacial score (nSPS) is 12.6. The molecule has 0 bridgehead atoms. The van der Waals surface area contributed by atoms with Gasteiger partial charge in [-0.1, -0.05) is 126 Å². The fourth-order valence-corrected chi connectivity index (χ4v) is 5.49. The summed E-state index contributed by atoms with van der Waals surface area (Å²) in [5, 5.41) is 6.40. The standard InChI is InChI=1S/C36H35N/c1-35(2,3)27-17-13-24(14-18-27)33-31-22-30-26(12-11-23-9-7-8-10-29(23)30)21-32(31)37-34(33)25-15-19-28(20-16-25)36(4,5)6/h7-22,37H,1-6H3. The highest BCUT2D eigenvalue weighted by Gasteiger charge is 2.20. The summed E-state index contributed by atoms with van der Waals surface area (Å²) in [4.78, 5) is 3.82. The van der Waals surface area contributed by atoms with Crippen molar-refractivity contribution in [1.29, 1.82) is 0 Å². The number of aromatic amines is 1. The molecule has 0 aliphatic carbocycles. The lowest BCUT2D eigenvalue weighted by Crippen LogP contribution is -2.10. The molecule has 1 aromatic heterocycles. The van der Waals surface area contributed by atoms with E-state index in [0.29, 0.717) is 0 Å². The summed E-state index contributed by atoms with van der Waals surface area (Å²) in [6.07, 6.45) is 0. The van der Waals surface area contributed by atoms with Crippen LogP contribution in [0.1, 0.15) is 52.7 Å². The third kappa shape index (κ3) is 4.13. The van der Waals surface area contributed by atoms with Gasteiger partial charge in [0.1, 0.15) is 0 Å². The molecule has 0 radical (unpaired) electrons. The van der Waals surface area contributed by atoms with Crippen molar-refractivity contribution in [3.63, 3.8) is 0 Å². The van der Waals surface area contributed by atoms with Crippen LogP contribution in [0.2, 0.25) is 0 Å². The van der Waals surface area contributed by atoms with Crippen LogP contribution in [0.5, 0.6) is 0 Å². The van der Waals surface area contributed by atoms with Crippen LogP contribution < -0.4 is 0 Å². The molecule has 1 heteroatoms. The molecule has 37 heavy (non-hydrogen) atoms. The fourth-order valence-electron chi connectivity index (χ4n) is 5.49. The summed E-state index contributed by atoms with van der Waals surface area (Å²) < 4.78 is 0. The molecule has 6 rings (SSSR count). The van der Waals surface area contributed by atoms with Gasteiger partial charge in [-0.05, 0) is 66.8 Å². The average Bonchev–Trinajstić information content (AvgIpc) is 3.25. The van der Waals surface area contributed by atoms with Crippen molar-refractivity contribution < 1.29 is 0 Å². The molecule has 0 aliphatic heterocycles. The van der Waals surface area contributed by atoms with Crippen LogP contribution in [-0.4, -0.2) is 4.98 Å². The molecule has 5 aromatic carbocycles. The highest BCUT2D eigenvalue weighted by atomic mass is 14.7. The second-order valence-electron chi connectivity index (χ2n) is 12.4. The Balaban J connectivity index is 1.64. The van der Waals surface area contributed by atoms with E-state index in [0.717, 1.165) is 0 Å². The van der Waals surface area contributed by atoms with E-state index in [2.05, 4.69) is 144 Å². The Morgan fingerprint density at radius 2 is 1.05 bits per heavy atom. The van der Waals surface area contributed by atoms with Gasteiger partial charge in [0.05, 0.1) is 5.69 Å². The van der Waals surface area contributed by atoms with Gasteiger partial charge in [-0.15, -0.1) is 0 Å². The SMILES string of the molecule is CC(C)(C)c1ccc(-c2[nH]c3cc4ccc5ccccc5c4cc3c2-c2ccc(C(C)(C)C)cc2)cc1. The number of benzene rings is 5. The molecule has 0 amide bonds. The van der Waals surface area contributed by atoms with Gasteiger partial charge in [-0.2, -0.15) is 0 Å². The lowest BCUT2D eigenvalue weighted by Gasteiger charge is -2.20. The smallest absolute Gasteiger partial charge is 0.0544 e. The van der Waals surface area contributed by atoms with Gasteiger partial charge < -0.3 is 4.98 Å². The predicted octanol–water partition coefficient (Wildman–Crippen LogP) is 10.4. The largest absolute Gasteiger partial charge is 0.354 e. The molecule has 184 valence electrons. The molecule has 0 atom stereocenters. The zero-order valence-corrected chi connectivity index (χ0v) is 22.7. The fraction of sp³-hybridized carbons (Fsp3) is 0.222. The molecule has 0 unspecified atom stereocenters. The van der Waals surface area contributed by atoms with Gasteiger partial charge >= 0.3 is 0 Å². The van der Waals surface area contributed by atoms with Gasteiger partial charge in [0.15, 0.2) is 0 Å². The van der Waals surface area contributed by atoms with Crippen LogP contribution in [0.15, 0.2) is 97.1 Å². The van der Waals surface area contributed by atoms with Crippen molar-refractivity contribution in [2.24, 2.45) is 0 Å².